The fourth-order valence-corrected chi connectivity index (χ4v) is 2.93. The summed E-state index contributed by atoms with van der Waals surface area (Å²) in [5.41, 5.74) is 1.50. The molecule has 5 heteroatoms. The van der Waals surface area contributed by atoms with E-state index in [2.05, 4.69) is 6.92 Å². The van der Waals surface area contributed by atoms with E-state index in [1.165, 1.54) is 0 Å². The van der Waals surface area contributed by atoms with Crippen molar-refractivity contribution in [3.63, 3.8) is 0 Å². The summed E-state index contributed by atoms with van der Waals surface area (Å²) in [6, 6.07) is 16.0. The van der Waals surface area contributed by atoms with Gasteiger partial charge in [-0.3, -0.25) is 19.3 Å². The molecule has 3 rings (SSSR count). The monoisotopic (exact) mass is 336 g/mol. The van der Waals surface area contributed by atoms with E-state index in [0.717, 1.165) is 23.4 Å². The Labute approximate surface area is 146 Å². The first-order chi connectivity index (χ1) is 12.1. The number of unbranched alkanes of at least 4 members (excludes halogenated alkanes) is 1. The molecule has 0 aliphatic carbocycles. The molecule has 0 N–H and O–H groups in total. The number of hydrogen-bond acceptors (Lipinski definition) is 3. The zero-order valence-electron chi connectivity index (χ0n) is 14.1. The number of rotatable bonds is 6. The SMILES string of the molecule is CCCCN(C(=O)CN1C(=O)c2ccccc2C1=O)c1ccccc1. The highest BCUT2D eigenvalue weighted by Gasteiger charge is 2.37. The maximum Gasteiger partial charge on any atom is 0.262 e. The molecular weight excluding hydrogens is 316 g/mol. The predicted octanol–water partition coefficient (Wildman–Crippen LogP) is 3.12. The lowest BCUT2D eigenvalue weighted by molar-refractivity contribution is -0.119. The van der Waals surface area contributed by atoms with Crippen molar-refractivity contribution < 1.29 is 14.4 Å². The van der Waals surface area contributed by atoms with Crippen LogP contribution in [-0.4, -0.2) is 35.7 Å². The predicted molar refractivity (Wildman–Crippen MR) is 95.5 cm³/mol. The summed E-state index contributed by atoms with van der Waals surface area (Å²) < 4.78 is 0. The van der Waals surface area contributed by atoms with Gasteiger partial charge in [-0.25, -0.2) is 0 Å². The zero-order chi connectivity index (χ0) is 17.8. The number of amides is 3. The van der Waals surface area contributed by atoms with Crippen LogP contribution in [0.15, 0.2) is 54.6 Å². The van der Waals surface area contributed by atoms with Crippen molar-refractivity contribution in [2.75, 3.05) is 18.0 Å². The number of carbonyl (C=O) groups excluding carboxylic acids is 3. The van der Waals surface area contributed by atoms with Gasteiger partial charge in [0.15, 0.2) is 0 Å². The van der Waals surface area contributed by atoms with Gasteiger partial charge in [0.05, 0.1) is 11.1 Å². The van der Waals surface area contributed by atoms with Crippen molar-refractivity contribution in [1.82, 2.24) is 4.90 Å². The van der Waals surface area contributed by atoms with E-state index in [9.17, 15) is 14.4 Å². The Bertz CT molecular complexity index is 767. The number of anilines is 1. The second-order valence-corrected chi connectivity index (χ2v) is 5.98. The van der Waals surface area contributed by atoms with Gasteiger partial charge < -0.3 is 4.90 Å². The fourth-order valence-electron chi connectivity index (χ4n) is 2.93. The molecule has 0 bridgehead atoms. The lowest BCUT2D eigenvalue weighted by Crippen LogP contribution is -2.43. The van der Waals surface area contributed by atoms with Crippen LogP contribution in [0.5, 0.6) is 0 Å². The maximum atomic E-state index is 12.8. The topological polar surface area (TPSA) is 57.7 Å². The molecule has 0 fully saturated rings. The highest BCUT2D eigenvalue weighted by atomic mass is 16.2. The molecule has 0 radical (unpaired) electrons. The quantitative estimate of drug-likeness (QED) is 0.762. The second kappa shape index (κ2) is 7.30. The highest BCUT2D eigenvalue weighted by molar-refractivity contribution is 6.22. The lowest BCUT2D eigenvalue weighted by Gasteiger charge is -2.25. The zero-order valence-corrected chi connectivity index (χ0v) is 14.1. The number of fused-ring (bicyclic) bond motifs is 1. The Kier molecular flexibility index (Phi) is 4.93. The van der Waals surface area contributed by atoms with Crippen LogP contribution in [0.3, 0.4) is 0 Å². The van der Waals surface area contributed by atoms with Crippen molar-refractivity contribution in [2.45, 2.75) is 19.8 Å². The van der Waals surface area contributed by atoms with Gasteiger partial charge in [-0.15, -0.1) is 0 Å². The van der Waals surface area contributed by atoms with E-state index in [4.69, 9.17) is 0 Å². The fraction of sp³-hybridized carbons (Fsp3) is 0.250. The first-order valence-electron chi connectivity index (χ1n) is 8.44. The van der Waals surface area contributed by atoms with Gasteiger partial charge >= 0.3 is 0 Å². The Morgan fingerprint density at radius 1 is 0.920 bits per heavy atom. The Hall–Kier alpha value is -2.95. The summed E-state index contributed by atoms with van der Waals surface area (Å²) in [5.74, 6) is -1.07. The van der Waals surface area contributed by atoms with Gasteiger partial charge in [0, 0.05) is 12.2 Å². The number of hydrogen-bond donors (Lipinski definition) is 0. The Morgan fingerprint density at radius 3 is 2.04 bits per heavy atom. The van der Waals surface area contributed by atoms with E-state index in [-0.39, 0.29) is 12.5 Å². The van der Waals surface area contributed by atoms with Crippen LogP contribution in [0.4, 0.5) is 5.69 Å². The molecule has 1 aliphatic rings. The maximum absolute atomic E-state index is 12.8. The summed E-state index contributed by atoms with van der Waals surface area (Å²) in [4.78, 5) is 40.4. The number of benzene rings is 2. The Morgan fingerprint density at radius 2 is 1.48 bits per heavy atom. The average molecular weight is 336 g/mol. The molecule has 0 saturated heterocycles. The molecule has 0 aromatic heterocycles. The molecule has 128 valence electrons. The molecule has 1 heterocycles. The van der Waals surface area contributed by atoms with Gasteiger partial charge in [-0.1, -0.05) is 43.7 Å². The minimum absolute atomic E-state index is 0.245. The molecule has 25 heavy (non-hydrogen) atoms. The molecule has 2 aromatic carbocycles. The summed E-state index contributed by atoms with van der Waals surface area (Å²) in [6.45, 7) is 2.37. The van der Waals surface area contributed by atoms with Gasteiger partial charge in [0.2, 0.25) is 5.91 Å². The van der Waals surface area contributed by atoms with Crippen molar-refractivity contribution in [3.05, 3.63) is 65.7 Å². The van der Waals surface area contributed by atoms with Crippen LogP contribution in [0, 0.1) is 0 Å². The molecule has 3 amide bonds. The molecule has 0 unspecified atom stereocenters. The van der Waals surface area contributed by atoms with Crippen molar-refractivity contribution >= 4 is 23.4 Å². The minimum Gasteiger partial charge on any atom is -0.311 e. The minimum atomic E-state index is -0.405. The van der Waals surface area contributed by atoms with Crippen LogP contribution < -0.4 is 4.90 Å². The first kappa shape index (κ1) is 16.9. The van der Waals surface area contributed by atoms with Crippen molar-refractivity contribution in [2.24, 2.45) is 0 Å². The largest absolute Gasteiger partial charge is 0.311 e. The van der Waals surface area contributed by atoms with E-state index >= 15 is 0 Å². The molecule has 5 nitrogen and oxygen atoms in total. The summed E-state index contributed by atoms with van der Waals surface area (Å²) in [5, 5.41) is 0. The third-order valence-electron chi connectivity index (χ3n) is 4.28. The van der Waals surface area contributed by atoms with Crippen LogP contribution in [0.25, 0.3) is 0 Å². The van der Waals surface area contributed by atoms with Gasteiger partial charge in [0.25, 0.3) is 11.8 Å². The van der Waals surface area contributed by atoms with Crippen LogP contribution in [0.1, 0.15) is 40.5 Å². The van der Waals surface area contributed by atoms with E-state index in [1.54, 1.807) is 29.2 Å². The van der Waals surface area contributed by atoms with Crippen molar-refractivity contribution in [3.8, 4) is 0 Å². The van der Waals surface area contributed by atoms with Crippen LogP contribution in [-0.2, 0) is 4.79 Å². The number of para-hydroxylation sites is 1. The summed E-state index contributed by atoms with van der Waals surface area (Å²) in [7, 11) is 0. The summed E-state index contributed by atoms with van der Waals surface area (Å²) in [6.07, 6.45) is 1.80. The normalized spacial score (nSPS) is 13.1. The standard InChI is InChI=1S/C20H20N2O3/c1-2-3-13-21(15-9-5-4-6-10-15)18(23)14-22-19(24)16-11-7-8-12-17(16)20(22)25/h4-12H,2-3,13-14H2,1H3. The molecule has 0 saturated carbocycles. The van der Waals surface area contributed by atoms with E-state index < -0.39 is 11.8 Å². The molecular formula is C20H20N2O3. The smallest absolute Gasteiger partial charge is 0.262 e. The number of nitrogens with zero attached hydrogens (tertiary/aromatic N) is 2. The lowest BCUT2D eigenvalue weighted by atomic mass is 10.1. The Balaban J connectivity index is 1.80. The molecule has 1 aliphatic heterocycles. The van der Waals surface area contributed by atoms with Crippen molar-refractivity contribution in [1.29, 1.82) is 0 Å². The average Bonchev–Trinajstić information content (AvgIpc) is 2.88. The van der Waals surface area contributed by atoms with Gasteiger partial charge in [0.1, 0.15) is 6.54 Å². The van der Waals surface area contributed by atoms with Crippen LogP contribution in [0.2, 0.25) is 0 Å². The highest BCUT2D eigenvalue weighted by Crippen LogP contribution is 2.23. The molecule has 0 spiro atoms. The van der Waals surface area contributed by atoms with Crippen LogP contribution >= 0.6 is 0 Å². The molecule has 0 atom stereocenters. The summed E-state index contributed by atoms with van der Waals surface area (Å²) >= 11 is 0. The van der Waals surface area contributed by atoms with Gasteiger partial charge in [-0.05, 0) is 30.7 Å². The van der Waals surface area contributed by atoms with E-state index in [1.807, 2.05) is 30.3 Å². The van der Waals surface area contributed by atoms with Gasteiger partial charge in [-0.2, -0.15) is 0 Å². The van der Waals surface area contributed by atoms with E-state index in [0.29, 0.717) is 17.7 Å². The first-order valence-corrected chi connectivity index (χ1v) is 8.44. The second-order valence-electron chi connectivity index (χ2n) is 5.98. The molecule has 2 aromatic rings. The number of carbonyl (C=O) groups is 3. The third-order valence-corrected chi connectivity index (χ3v) is 4.28. The number of imide groups is 1. The third kappa shape index (κ3) is 3.31.